The van der Waals surface area contributed by atoms with Crippen molar-refractivity contribution in [3.05, 3.63) is 59.5 Å². The summed E-state index contributed by atoms with van der Waals surface area (Å²) in [6.45, 7) is 5.09. The maximum Gasteiger partial charge on any atom is 0.191 e. The molecule has 8 heteroatoms. The third kappa shape index (κ3) is 4.03. The van der Waals surface area contributed by atoms with Gasteiger partial charge in [-0.1, -0.05) is 17.3 Å². The Bertz CT molecular complexity index is 832. The normalized spacial score (nSPS) is 11.6. The van der Waals surface area contributed by atoms with Crippen LogP contribution >= 0.6 is 0 Å². The molecule has 0 amide bonds. The van der Waals surface area contributed by atoms with Crippen LogP contribution in [0.3, 0.4) is 0 Å². The minimum atomic E-state index is 0.611. The second kappa shape index (κ2) is 7.61. The number of benzene rings is 1. The van der Waals surface area contributed by atoms with Crippen molar-refractivity contribution < 1.29 is 4.52 Å². The highest BCUT2D eigenvalue weighted by Gasteiger charge is 2.09. The molecule has 3 aromatic rings. The fourth-order valence-electron chi connectivity index (χ4n) is 2.48. The molecule has 2 aromatic heterocycles. The van der Waals surface area contributed by atoms with Crippen molar-refractivity contribution in [2.45, 2.75) is 26.9 Å². The van der Waals surface area contributed by atoms with Gasteiger partial charge in [0.05, 0.1) is 11.4 Å². The molecule has 2 N–H and O–H groups in total. The molecular formula is C17H21N7O. The summed E-state index contributed by atoms with van der Waals surface area (Å²) in [6, 6.07) is 8.09. The Morgan fingerprint density at radius 3 is 2.76 bits per heavy atom. The quantitative estimate of drug-likeness (QED) is 0.543. The van der Waals surface area contributed by atoms with Gasteiger partial charge in [-0.2, -0.15) is 5.10 Å². The predicted molar refractivity (Wildman–Crippen MR) is 94.4 cm³/mol. The molecule has 25 heavy (non-hydrogen) atoms. The van der Waals surface area contributed by atoms with Gasteiger partial charge in [0, 0.05) is 25.7 Å². The van der Waals surface area contributed by atoms with E-state index in [9.17, 15) is 0 Å². The van der Waals surface area contributed by atoms with Crippen LogP contribution in [0.4, 0.5) is 0 Å². The maximum absolute atomic E-state index is 5.18. The Balaban J connectivity index is 1.59. The number of aromatic nitrogens is 4. The topological polar surface area (TPSA) is 93.2 Å². The predicted octanol–water partition coefficient (Wildman–Crippen LogP) is 1.74. The van der Waals surface area contributed by atoms with Crippen molar-refractivity contribution in [1.82, 2.24) is 30.6 Å². The van der Waals surface area contributed by atoms with E-state index in [-0.39, 0.29) is 0 Å². The van der Waals surface area contributed by atoms with Gasteiger partial charge >= 0.3 is 0 Å². The lowest BCUT2D eigenvalue weighted by molar-refractivity contribution is 0.392. The Kier molecular flexibility index (Phi) is 5.08. The third-order valence-electron chi connectivity index (χ3n) is 3.89. The Hall–Kier alpha value is -3.16. The number of rotatable bonds is 5. The number of aliphatic imine (C=N–C) groups is 1. The molecule has 130 valence electrons. The van der Waals surface area contributed by atoms with Crippen molar-refractivity contribution in [2.75, 3.05) is 7.05 Å². The molecule has 3 rings (SSSR count). The van der Waals surface area contributed by atoms with Crippen LogP contribution in [0.1, 0.15) is 22.6 Å². The molecule has 2 heterocycles. The first-order valence-corrected chi connectivity index (χ1v) is 7.97. The number of guanidine groups is 1. The molecule has 0 bridgehead atoms. The molecule has 0 saturated carbocycles. The van der Waals surface area contributed by atoms with Gasteiger partial charge in [0.2, 0.25) is 0 Å². The summed E-state index contributed by atoms with van der Waals surface area (Å²) in [5, 5.41) is 14.7. The third-order valence-corrected chi connectivity index (χ3v) is 3.89. The lowest BCUT2D eigenvalue weighted by Crippen LogP contribution is -2.36. The zero-order chi connectivity index (χ0) is 17.6. The van der Waals surface area contributed by atoms with Crippen LogP contribution in [-0.2, 0) is 13.1 Å². The van der Waals surface area contributed by atoms with Crippen molar-refractivity contribution in [2.24, 2.45) is 4.99 Å². The Morgan fingerprint density at radius 2 is 2.08 bits per heavy atom. The van der Waals surface area contributed by atoms with E-state index in [2.05, 4.69) is 43.0 Å². The van der Waals surface area contributed by atoms with Crippen molar-refractivity contribution >= 4 is 5.96 Å². The molecule has 0 aliphatic rings. The SMILES string of the molecule is CN=C(NCc1cccc(-n2cncn2)c1)NCc1c(C)noc1C. The van der Waals surface area contributed by atoms with Gasteiger partial charge in [-0.15, -0.1) is 0 Å². The molecule has 0 aliphatic heterocycles. The van der Waals surface area contributed by atoms with E-state index in [1.54, 1.807) is 18.1 Å². The summed E-state index contributed by atoms with van der Waals surface area (Å²) in [6.07, 6.45) is 3.20. The molecule has 0 atom stereocenters. The smallest absolute Gasteiger partial charge is 0.191 e. The summed E-state index contributed by atoms with van der Waals surface area (Å²) >= 11 is 0. The van der Waals surface area contributed by atoms with E-state index in [0.29, 0.717) is 19.0 Å². The van der Waals surface area contributed by atoms with Crippen LogP contribution in [0, 0.1) is 13.8 Å². The fourth-order valence-corrected chi connectivity index (χ4v) is 2.48. The summed E-state index contributed by atoms with van der Waals surface area (Å²) in [5.41, 5.74) is 4.03. The first-order chi connectivity index (χ1) is 12.2. The standard InChI is InChI=1S/C17H21N7O/c1-12-16(13(2)25-23-12)9-21-17(18-3)20-8-14-5-4-6-15(7-14)24-11-19-10-22-24/h4-7,10-11H,8-9H2,1-3H3,(H2,18,20,21). The van der Waals surface area contributed by atoms with Crippen molar-refractivity contribution in [3.63, 3.8) is 0 Å². The van der Waals surface area contributed by atoms with Crippen molar-refractivity contribution in [3.8, 4) is 5.69 Å². The van der Waals surface area contributed by atoms with Crippen LogP contribution in [0.15, 0.2) is 46.4 Å². The van der Waals surface area contributed by atoms with Crippen molar-refractivity contribution in [1.29, 1.82) is 0 Å². The number of aryl methyl sites for hydroxylation is 2. The molecular weight excluding hydrogens is 318 g/mol. The lowest BCUT2D eigenvalue weighted by atomic mass is 10.2. The molecule has 0 aliphatic carbocycles. The van der Waals surface area contributed by atoms with Gasteiger partial charge in [-0.3, -0.25) is 4.99 Å². The van der Waals surface area contributed by atoms with Gasteiger partial charge in [-0.25, -0.2) is 9.67 Å². The Morgan fingerprint density at radius 1 is 1.24 bits per heavy atom. The number of hydrogen-bond acceptors (Lipinski definition) is 5. The second-order valence-electron chi connectivity index (χ2n) is 5.59. The summed E-state index contributed by atoms with van der Waals surface area (Å²) in [7, 11) is 1.74. The van der Waals surface area contributed by atoms with Gasteiger partial charge in [0.1, 0.15) is 18.4 Å². The van der Waals surface area contributed by atoms with Crippen LogP contribution < -0.4 is 10.6 Å². The summed E-state index contributed by atoms with van der Waals surface area (Å²) in [4.78, 5) is 8.22. The van der Waals surface area contributed by atoms with E-state index in [1.165, 1.54) is 6.33 Å². The molecule has 0 radical (unpaired) electrons. The monoisotopic (exact) mass is 339 g/mol. The van der Waals surface area contributed by atoms with Crippen LogP contribution in [-0.4, -0.2) is 32.9 Å². The van der Waals surface area contributed by atoms with Gasteiger partial charge in [0.15, 0.2) is 5.96 Å². The summed E-state index contributed by atoms with van der Waals surface area (Å²) in [5.74, 6) is 1.53. The molecule has 0 fully saturated rings. The van der Waals surface area contributed by atoms with Gasteiger partial charge < -0.3 is 15.2 Å². The molecule has 0 saturated heterocycles. The van der Waals surface area contributed by atoms with E-state index in [0.717, 1.165) is 28.3 Å². The van der Waals surface area contributed by atoms with E-state index in [4.69, 9.17) is 4.52 Å². The highest BCUT2D eigenvalue weighted by molar-refractivity contribution is 5.79. The Labute approximate surface area is 146 Å². The summed E-state index contributed by atoms with van der Waals surface area (Å²) < 4.78 is 6.91. The van der Waals surface area contributed by atoms with Gasteiger partial charge in [0.25, 0.3) is 0 Å². The molecule has 0 unspecified atom stereocenters. The zero-order valence-electron chi connectivity index (χ0n) is 14.5. The lowest BCUT2D eigenvalue weighted by Gasteiger charge is -2.12. The van der Waals surface area contributed by atoms with E-state index >= 15 is 0 Å². The highest BCUT2D eigenvalue weighted by atomic mass is 16.5. The van der Waals surface area contributed by atoms with Crippen LogP contribution in [0.2, 0.25) is 0 Å². The second-order valence-corrected chi connectivity index (χ2v) is 5.59. The number of nitrogens with one attached hydrogen (secondary N) is 2. The number of hydrogen-bond donors (Lipinski definition) is 2. The minimum absolute atomic E-state index is 0.611. The average Bonchev–Trinajstić information content (AvgIpc) is 3.27. The number of nitrogens with zero attached hydrogens (tertiary/aromatic N) is 5. The molecule has 0 spiro atoms. The zero-order valence-corrected chi connectivity index (χ0v) is 14.5. The van der Waals surface area contributed by atoms with E-state index < -0.39 is 0 Å². The molecule has 8 nitrogen and oxygen atoms in total. The first kappa shape index (κ1) is 16.7. The minimum Gasteiger partial charge on any atom is -0.361 e. The average molecular weight is 339 g/mol. The molecule has 1 aromatic carbocycles. The largest absolute Gasteiger partial charge is 0.361 e. The van der Waals surface area contributed by atoms with Crippen LogP contribution in [0.5, 0.6) is 0 Å². The fraction of sp³-hybridized carbons (Fsp3) is 0.294. The maximum atomic E-state index is 5.18. The van der Waals surface area contributed by atoms with Crippen LogP contribution in [0.25, 0.3) is 5.69 Å². The highest BCUT2D eigenvalue weighted by Crippen LogP contribution is 2.11. The first-order valence-electron chi connectivity index (χ1n) is 7.97. The van der Waals surface area contributed by atoms with Gasteiger partial charge in [-0.05, 0) is 31.5 Å². The van der Waals surface area contributed by atoms with E-state index in [1.807, 2.05) is 26.0 Å².